The first-order valence-electron chi connectivity index (χ1n) is 5.90. The van der Waals surface area contributed by atoms with Gasteiger partial charge in [-0.25, -0.2) is 4.39 Å². The predicted molar refractivity (Wildman–Crippen MR) is 70.8 cm³/mol. The third-order valence-electron chi connectivity index (χ3n) is 2.64. The summed E-state index contributed by atoms with van der Waals surface area (Å²) in [4.78, 5) is 10.6. The first kappa shape index (κ1) is 13.9. The van der Waals surface area contributed by atoms with Crippen LogP contribution in [-0.4, -0.2) is 18.2 Å². The lowest BCUT2D eigenvalue weighted by Gasteiger charge is -2.08. The van der Waals surface area contributed by atoms with Crippen LogP contribution in [0.25, 0.3) is 0 Å². The van der Waals surface area contributed by atoms with E-state index in [0.717, 1.165) is 6.07 Å². The van der Waals surface area contributed by atoms with Crippen molar-refractivity contribution in [1.82, 2.24) is 0 Å². The molecule has 20 heavy (non-hydrogen) atoms. The van der Waals surface area contributed by atoms with E-state index in [1.165, 1.54) is 12.1 Å². The minimum absolute atomic E-state index is 0.0457. The summed E-state index contributed by atoms with van der Waals surface area (Å²) in [6, 6.07) is 10.8. The van der Waals surface area contributed by atoms with E-state index in [1.807, 2.05) is 0 Å². The Balaban J connectivity index is 2.14. The van der Waals surface area contributed by atoms with Gasteiger partial charge in [-0.1, -0.05) is 6.07 Å². The van der Waals surface area contributed by atoms with Crippen LogP contribution in [0, 0.1) is 5.82 Å². The number of methoxy groups -OCH3 is 1. The van der Waals surface area contributed by atoms with Gasteiger partial charge in [0.1, 0.15) is 11.5 Å². The average Bonchev–Trinajstić information content (AvgIpc) is 2.42. The van der Waals surface area contributed by atoms with Crippen LogP contribution in [0.2, 0.25) is 0 Å². The largest absolute Gasteiger partial charge is 0.497 e. The maximum Gasteiger partial charge on any atom is 0.307 e. The molecule has 0 saturated heterocycles. The molecule has 0 aliphatic heterocycles. The lowest BCUT2D eigenvalue weighted by atomic mass is 10.1. The summed E-state index contributed by atoms with van der Waals surface area (Å²) in [5, 5.41) is 8.65. The fourth-order valence-electron chi connectivity index (χ4n) is 1.68. The van der Waals surface area contributed by atoms with Gasteiger partial charge >= 0.3 is 5.97 Å². The fraction of sp³-hybridized carbons (Fsp3) is 0.133. The molecule has 2 aromatic carbocycles. The number of hydrogen-bond donors (Lipinski definition) is 1. The van der Waals surface area contributed by atoms with Crippen molar-refractivity contribution in [2.45, 2.75) is 6.42 Å². The van der Waals surface area contributed by atoms with Crippen molar-refractivity contribution in [3.05, 3.63) is 53.8 Å². The summed E-state index contributed by atoms with van der Waals surface area (Å²) in [6.45, 7) is 0. The molecule has 0 atom stereocenters. The van der Waals surface area contributed by atoms with Crippen LogP contribution in [0.4, 0.5) is 4.39 Å². The average molecular weight is 276 g/mol. The molecule has 1 N–H and O–H groups in total. The van der Waals surface area contributed by atoms with Gasteiger partial charge in [-0.05, 0) is 42.0 Å². The topological polar surface area (TPSA) is 55.8 Å². The summed E-state index contributed by atoms with van der Waals surface area (Å²) < 4.78 is 24.2. The summed E-state index contributed by atoms with van der Waals surface area (Å²) in [7, 11) is 1.55. The number of carbonyl (C=O) groups is 1. The highest BCUT2D eigenvalue weighted by atomic mass is 19.1. The molecule has 0 radical (unpaired) electrons. The van der Waals surface area contributed by atoms with Crippen molar-refractivity contribution in [2.24, 2.45) is 0 Å². The lowest BCUT2D eigenvalue weighted by molar-refractivity contribution is -0.136. The third-order valence-corrected chi connectivity index (χ3v) is 2.64. The number of hydrogen-bond acceptors (Lipinski definition) is 3. The molecule has 0 amide bonds. The van der Waals surface area contributed by atoms with Gasteiger partial charge < -0.3 is 14.6 Å². The van der Waals surface area contributed by atoms with Crippen LogP contribution in [0.5, 0.6) is 17.2 Å². The van der Waals surface area contributed by atoms with Crippen LogP contribution < -0.4 is 9.47 Å². The second kappa shape index (κ2) is 6.06. The zero-order valence-corrected chi connectivity index (χ0v) is 10.8. The maximum absolute atomic E-state index is 13.8. The molecule has 5 heteroatoms. The highest BCUT2D eigenvalue weighted by molar-refractivity contribution is 5.70. The van der Waals surface area contributed by atoms with Crippen LogP contribution in [0.15, 0.2) is 42.5 Å². The molecule has 2 rings (SSSR count). The van der Waals surface area contributed by atoms with Crippen LogP contribution in [0.1, 0.15) is 5.56 Å². The van der Waals surface area contributed by atoms with Crippen molar-refractivity contribution in [3.63, 3.8) is 0 Å². The summed E-state index contributed by atoms with van der Waals surface area (Å²) in [6.07, 6.45) is -0.222. The Hall–Kier alpha value is -2.56. The van der Waals surface area contributed by atoms with Crippen molar-refractivity contribution < 1.29 is 23.8 Å². The minimum atomic E-state index is -1.01. The molecule has 4 nitrogen and oxygen atoms in total. The molecule has 0 saturated carbocycles. The van der Waals surface area contributed by atoms with Crippen LogP contribution in [0.3, 0.4) is 0 Å². The lowest BCUT2D eigenvalue weighted by Crippen LogP contribution is -2.00. The van der Waals surface area contributed by atoms with Crippen LogP contribution >= 0.6 is 0 Å². The molecule has 2 aromatic rings. The number of aliphatic carboxylic acids is 1. The Kier molecular flexibility index (Phi) is 4.20. The standard InChI is InChI=1S/C15H13FO4/c1-19-11-3-5-12(6-4-11)20-14-7-2-10(8-13(14)16)9-15(17)18/h2-8H,9H2,1H3,(H,17,18). The molecule has 0 heterocycles. The first-order chi connectivity index (χ1) is 9.58. The van der Waals surface area contributed by atoms with Gasteiger partial charge in [-0.2, -0.15) is 0 Å². The number of benzene rings is 2. The zero-order valence-electron chi connectivity index (χ0n) is 10.8. The van der Waals surface area contributed by atoms with Gasteiger partial charge in [0.15, 0.2) is 11.6 Å². The summed E-state index contributed by atoms with van der Waals surface area (Å²) in [5.74, 6) is -0.414. The van der Waals surface area contributed by atoms with E-state index in [-0.39, 0.29) is 12.2 Å². The fourth-order valence-corrected chi connectivity index (χ4v) is 1.68. The molecule has 0 bridgehead atoms. The van der Waals surface area contributed by atoms with E-state index in [9.17, 15) is 9.18 Å². The van der Waals surface area contributed by atoms with E-state index < -0.39 is 11.8 Å². The number of halogens is 1. The summed E-state index contributed by atoms with van der Waals surface area (Å²) >= 11 is 0. The van der Waals surface area contributed by atoms with Crippen molar-refractivity contribution in [3.8, 4) is 17.2 Å². The highest BCUT2D eigenvalue weighted by Gasteiger charge is 2.08. The predicted octanol–water partition coefficient (Wildman–Crippen LogP) is 3.25. The Bertz CT molecular complexity index is 608. The van der Waals surface area contributed by atoms with Gasteiger partial charge in [0.2, 0.25) is 0 Å². The first-order valence-corrected chi connectivity index (χ1v) is 5.90. The van der Waals surface area contributed by atoms with E-state index >= 15 is 0 Å². The molecule has 0 unspecified atom stereocenters. The zero-order chi connectivity index (χ0) is 14.5. The molecule has 104 valence electrons. The third kappa shape index (κ3) is 3.47. The number of ether oxygens (including phenoxy) is 2. The molecular weight excluding hydrogens is 263 g/mol. The number of rotatable bonds is 5. The van der Waals surface area contributed by atoms with E-state index in [2.05, 4.69) is 0 Å². The highest BCUT2D eigenvalue weighted by Crippen LogP contribution is 2.26. The molecule has 0 aliphatic rings. The van der Waals surface area contributed by atoms with Crippen LogP contribution in [-0.2, 0) is 11.2 Å². The van der Waals surface area contributed by atoms with Gasteiger partial charge in [-0.3, -0.25) is 4.79 Å². The molecule has 0 aliphatic carbocycles. The van der Waals surface area contributed by atoms with Gasteiger partial charge in [0.25, 0.3) is 0 Å². The normalized spacial score (nSPS) is 10.1. The smallest absolute Gasteiger partial charge is 0.307 e. The van der Waals surface area contributed by atoms with Crippen molar-refractivity contribution >= 4 is 5.97 Å². The van der Waals surface area contributed by atoms with E-state index in [4.69, 9.17) is 14.6 Å². The Morgan fingerprint density at radius 2 is 1.80 bits per heavy atom. The Labute approximate surface area is 115 Å². The van der Waals surface area contributed by atoms with Gasteiger partial charge in [-0.15, -0.1) is 0 Å². The number of carboxylic acid groups (broad SMARTS) is 1. The van der Waals surface area contributed by atoms with Crippen molar-refractivity contribution in [1.29, 1.82) is 0 Å². The van der Waals surface area contributed by atoms with E-state index in [1.54, 1.807) is 31.4 Å². The molecule has 0 spiro atoms. The monoisotopic (exact) mass is 276 g/mol. The van der Waals surface area contributed by atoms with E-state index in [0.29, 0.717) is 17.1 Å². The summed E-state index contributed by atoms with van der Waals surface area (Å²) in [5.41, 5.74) is 0.386. The quantitative estimate of drug-likeness (QED) is 0.910. The second-order valence-corrected chi connectivity index (χ2v) is 4.11. The maximum atomic E-state index is 13.8. The molecular formula is C15H13FO4. The SMILES string of the molecule is COc1ccc(Oc2ccc(CC(=O)O)cc2F)cc1. The number of carboxylic acids is 1. The Morgan fingerprint density at radius 3 is 2.35 bits per heavy atom. The van der Waals surface area contributed by atoms with Gasteiger partial charge in [0.05, 0.1) is 13.5 Å². The molecule has 0 fully saturated rings. The Morgan fingerprint density at radius 1 is 1.15 bits per heavy atom. The molecule has 0 aromatic heterocycles. The minimum Gasteiger partial charge on any atom is -0.497 e. The second-order valence-electron chi connectivity index (χ2n) is 4.11. The van der Waals surface area contributed by atoms with Gasteiger partial charge in [0, 0.05) is 0 Å². The van der Waals surface area contributed by atoms with Crippen molar-refractivity contribution in [2.75, 3.05) is 7.11 Å².